The molecule has 0 atom stereocenters. The average molecular weight is 275 g/mol. The highest BCUT2D eigenvalue weighted by molar-refractivity contribution is 5.96. The number of benzene rings is 1. The van der Waals surface area contributed by atoms with Gasteiger partial charge in [-0.05, 0) is 48.9 Å². The van der Waals surface area contributed by atoms with Gasteiger partial charge in [-0.15, -0.1) is 0 Å². The van der Waals surface area contributed by atoms with E-state index in [-0.39, 0.29) is 5.91 Å². The van der Waals surface area contributed by atoms with Crippen molar-refractivity contribution in [3.05, 3.63) is 29.3 Å². The quantitative estimate of drug-likeness (QED) is 0.918. The van der Waals surface area contributed by atoms with E-state index in [0.717, 1.165) is 37.1 Å². The molecule has 4 heteroatoms. The van der Waals surface area contributed by atoms with Crippen molar-refractivity contribution < 1.29 is 14.7 Å². The Kier molecular flexibility index (Phi) is 4.42. The molecule has 1 N–H and O–H groups in total. The minimum atomic E-state index is -0.920. The first-order valence-corrected chi connectivity index (χ1v) is 7.15. The standard InChI is InChI=1S/C16H21NO3/c1-11(2)5-8-15(18)17-9-3-4-12-10-13(16(19)20)6-7-14(12)17/h6-7,10-11H,3-5,8-9H2,1-2H3,(H,19,20). The highest BCUT2D eigenvalue weighted by Gasteiger charge is 2.23. The van der Waals surface area contributed by atoms with E-state index in [9.17, 15) is 9.59 Å². The fourth-order valence-corrected chi connectivity index (χ4v) is 2.54. The van der Waals surface area contributed by atoms with Crippen LogP contribution in [0.2, 0.25) is 0 Å². The van der Waals surface area contributed by atoms with Crippen molar-refractivity contribution in [3.8, 4) is 0 Å². The number of hydrogen-bond donors (Lipinski definition) is 1. The highest BCUT2D eigenvalue weighted by Crippen LogP contribution is 2.29. The van der Waals surface area contributed by atoms with Crippen LogP contribution in [0.1, 0.15) is 49.0 Å². The second-order valence-electron chi connectivity index (χ2n) is 5.73. The van der Waals surface area contributed by atoms with Crippen LogP contribution in [0.15, 0.2) is 18.2 Å². The zero-order chi connectivity index (χ0) is 14.7. The molecule has 0 aromatic heterocycles. The number of anilines is 1. The molecular formula is C16H21NO3. The van der Waals surface area contributed by atoms with E-state index in [0.29, 0.717) is 17.9 Å². The Morgan fingerprint density at radius 1 is 1.35 bits per heavy atom. The molecule has 4 nitrogen and oxygen atoms in total. The number of carbonyl (C=O) groups is 2. The molecule has 0 unspecified atom stereocenters. The zero-order valence-electron chi connectivity index (χ0n) is 12.1. The van der Waals surface area contributed by atoms with Crippen LogP contribution in [0.3, 0.4) is 0 Å². The van der Waals surface area contributed by atoms with Gasteiger partial charge in [0.25, 0.3) is 0 Å². The van der Waals surface area contributed by atoms with Gasteiger partial charge in [0, 0.05) is 18.7 Å². The van der Waals surface area contributed by atoms with Crippen LogP contribution < -0.4 is 4.90 Å². The van der Waals surface area contributed by atoms with Crippen LogP contribution in [-0.4, -0.2) is 23.5 Å². The predicted octanol–water partition coefficient (Wildman–Crippen LogP) is 3.10. The Labute approximate surface area is 119 Å². The van der Waals surface area contributed by atoms with Gasteiger partial charge >= 0.3 is 5.97 Å². The number of aryl methyl sites for hydroxylation is 1. The van der Waals surface area contributed by atoms with E-state index in [2.05, 4.69) is 13.8 Å². The van der Waals surface area contributed by atoms with E-state index >= 15 is 0 Å². The molecule has 1 aromatic rings. The topological polar surface area (TPSA) is 57.6 Å². The Hall–Kier alpha value is -1.84. The van der Waals surface area contributed by atoms with Gasteiger partial charge in [-0.3, -0.25) is 4.79 Å². The third-order valence-electron chi connectivity index (χ3n) is 3.68. The first kappa shape index (κ1) is 14.6. The molecule has 1 aliphatic heterocycles. The minimum absolute atomic E-state index is 0.141. The number of carboxylic acid groups (broad SMARTS) is 1. The van der Waals surface area contributed by atoms with Crippen molar-refractivity contribution >= 4 is 17.6 Å². The Morgan fingerprint density at radius 2 is 2.10 bits per heavy atom. The molecule has 0 saturated heterocycles. The summed E-state index contributed by atoms with van der Waals surface area (Å²) < 4.78 is 0. The van der Waals surface area contributed by atoms with Gasteiger partial charge < -0.3 is 10.0 Å². The van der Waals surface area contributed by atoms with Crippen molar-refractivity contribution in [2.24, 2.45) is 5.92 Å². The van der Waals surface area contributed by atoms with E-state index < -0.39 is 5.97 Å². The molecule has 0 aliphatic carbocycles. The van der Waals surface area contributed by atoms with Crippen LogP contribution in [-0.2, 0) is 11.2 Å². The first-order chi connectivity index (χ1) is 9.49. The number of hydrogen-bond acceptors (Lipinski definition) is 2. The van der Waals surface area contributed by atoms with Crippen molar-refractivity contribution in [1.29, 1.82) is 0 Å². The SMILES string of the molecule is CC(C)CCC(=O)N1CCCc2cc(C(=O)O)ccc21. The molecule has 1 aromatic carbocycles. The van der Waals surface area contributed by atoms with E-state index in [4.69, 9.17) is 5.11 Å². The molecule has 0 spiro atoms. The molecule has 1 amide bonds. The number of carboxylic acids is 1. The van der Waals surface area contributed by atoms with Crippen LogP contribution in [0, 0.1) is 5.92 Å². The highest BCUT2D eigenvalue weighted by atomic mass is 16.4. The Morgan fingerprint density at radius 3 is 2.75 bits per heavy atom. The summed E-state index contributed by atoms with van der Waals surface area (Å²) in [4.78, 5) is 25.1. The van der Waals surface area contributed by atoms with Crippen molar-refractivity contribution in [2.45, 2.75) is 39.5 Å². The molecule has 2 rings (SSSR count). The van der Waals surface area contributed by atoms with Gasteiger partial charge in [0.2, 0.25) is 5.91 Å². The van der Waals surface area contributed by atoms with E-state index in [1.54, 1.807) is 18.2 Å². The monoisotopic (exact) mass is 275 g/mol. The van der Waals surface area contributed by atoms with Gasteiger partial charge in [0.05, 0.1) is 5.56 Å². The maximum Gasteiger partial charge on any atom is 0.335 e. The summed E-state index contributed by atoms with van der Waals surface area (Å²) in [5.41, 5.74) is 2.14. The number of nitrogens with zero attached hydrogens (tertiary/aromatic N) is 1. The van der Waals surface area contributed by atoms with E-state index in [1.165, 1.54) is 0 Å². The normalized spacial score (nSPS) is 14.2. The number of fused-ring (bicyclic) bond motifs is 1. The minimum Gasteiger partial charge on any atom is -0.478 e. The zero-order valence-corrected chi connectivity index (χ0v) is 12.1. The molecule has 0 fully saturated rings. The van der Waals surface area contributed by atoms with Gasteiger partial charge in [-0.25, -0.2) is 4.79 Å². The molecule has 20 heavy (non-hydrogen) atoms. The molecule has 108 valence electrons. The molecule has 1 heterocycles. The average Bonchev–Trinajstić information content (AvgIpc) is 2.43. The van der Waals surface area contributed by atoms with Crippen molar-refractivity contribution in [3.63, 3.8) is 0 Å². The second-order valence-corrected chi connectivity index (χ2v) is 5.73. The fraction of sp³-hybridized carbons (Fsp3) is 0.500. The molecular weight excluding hydrogens is 254 g/mol. The lowest BCUT2D eigenvalue weighted by molar-refractivity contribution is -0.119. The number of carbonyl (C=O) groups excluding carboxylic acids is 1. The van der Waals surface area contributed by atoms with Gasteiger partial charge in [0.1, 0.15) is 0 Å². The molecule has 0 bridgehead atoms. The maximum atomic E-state index is 12.3. The van der Waals surface area contributed by atoms with Gasteiger partial charge in [0.15, 0.2) is 0 Å². The fourth-order valence-electron chi connectivity index (χ4n) is 2.54. The molecule has 1 aliphatic rings. The Bertz CT molecular complexity index is 522. The second kappa shape index (κ2) is 6.07. The molecule has 0 saturated carbocycles. The lowest BCUT2D eigenvalue weighted by Gasteiger charge is -2.30. The van der Waals surface area contributed by atoms with Crippen molar-refractivity contribution in [2.75, 3.05) is 11.4 Å². The lowest BCUT2D eigenvalue weighted by Crippen LogP contribution is -2.35. The van der Waals surface area contributed by atoms with Crippen LogP contribution in [0.4, 0.5) is 5.69 Å². The van der Waals surface area contributed by atoms with Crippen molar-refractivity contribution in [1.82, 2.24) is 0 Å². The van der Waals surface area contributed by atoms with Crippen LogP contribution in [0.5, 0.6) is 0 Å². The van der Waals surface area contributed by atoms with Gasteiger partial charge in [-0.2, -0.15) is 0 Å². The number of aromatic carboxylic acids is 1. The largest absolute Gasteiger partial charge is 0.478 e. The van der Waals surface area contributed by atoms with Gasteiger partial charge in [-0.1, -0.05) is 13.8 Å². The Balaban J connectivity index is 2.20. The summed E-state index contributed by atoms with van der Waals surface area (Å²) in [6, 6.07) is 5.04. The lowest BCUT2D eigenvalue weighted by atomic mass is 9.98. The third-order valence-corrected chi connectivity index (χ3v) is 3.68. The number of rotatable bonds is 4. The summed E-state index contributed by atoms with van der Waals surface area (Å²) >= 11 is 0. The van der Waals surface area contributed by atoms with Crippen LogP contribution >= 0.6 is 0 Å². The van der Waals surface area contributed by atoms with E-state index in [1.807, 2.05) is 4.90 Å². The summed E-state index contributed by atoms with van der Waals surface area (Å²) in [5, 5.41) is 9.03. The summed E-state index contributed by atoms with van der Waals surface area (Å²) in [6.45, 7) is 4.95. The number of amides is 1. The predicted molar refractivity (Wildman–Crippen MR) is 78.1 cm³/mol. The summed E-state index contributed by atoms with van der Waals surface area (Å²) in [7, 11) is 0. The molecule has 0 radical (unpaired) electrons. The maximum absolute atomic E-state index is 12.3. The van der Waals surface area contributed by atoms with Crippen LogP contribution in [0.25, 0.3) is 0 Å². The first-order valence-electron chi connectivity index (χ1n) is 7.15. The smallest absolute Gasteiger partial charge is 0.335 e. The third kappa shape index (κ3) is 3.18. The summed E-state index contributed by atoms with van der Waals surface area (Å²) in [6.07, 6.45) is 3.17. The summed E-state index contributed by atoms with van der Waals surface area (Å²) in [5.74, 6) is -0.267.